The van der Waals surface area contributed by atoms with Crippen LogP contribution in [0, 0.1) is 5.92 Å². The van der Waals surface area contributed by atoms with Gasteiger partial charge in [0.1, 0.15) is 0 Å². The summed E-state index contributed by atoms with van der Waals surface area (Å²) in [7, 11) is 0. The third kappa shape index (κ3) is 3.50. The van der Waals surface area contributed by atoms with Crippen LogP contribution in [-0.2, 0) is 4.79 Å². The highest BCUT2D eigenvalue weighted by molar-refractivity contribution is 7.98. The summed E-state index contributed by atoms with van der Waals surface area (Å²) in [5, 5.41) is 3.43. The minimum absolute atomic E-state index is 0.0607. The van der Waals surface area contributed by atoms with Crippen LogP contribution in [0.1, 0.15) is 25.7 Å². The van der Waals surface area contributed by atoms with Crippen LogP contribution in [0.25, 0.3) is 0 Å². The molecule has 2 atom stereocenters. The highest BCUT2D eigenvalue weighted by atomic mass is 32.2. The van der Waals surface area contributed by atoms with E-state index in [4.69, 9.17) is 5.73 Å². The molecule has 1 amide bonds. The van der Waals surface area contributed by atoms with Crippen molar-refractivity contribution in [1.82, 2.24) is 5.32 Å². The third-order valence-electron chi connectivity index (χ3n) is 2.84. The molecule has 3 nitrogen and oxygen atoms in total. The predicted molar refractivity (Wildman–Crippen MR) is 61.3 cm³/mol. The highest BCUT2D eigenvalue weighted by Gasteiger charge is 2.28. The molecule has 0 spiro atoms. The van der Waals surface area contributed by atoms with Crippen molar-refractivity contribution in [2.45, 2.75) is 31.7 Å². The summed E-state index contributed by atoms with van der Waals surface area (Å²) in [6.45, 7) is 0.982. The number of nitrogens with one attached hydrogen (secondary N) is 1. The average molecular weight is 216 g/mol. The first kappa shape index (κ1) is 11.9. The second kappa shape index (κ2) is 6.30. The third-order valence-corrected chi connectivity index (χ3v) is 3.46. The van der Waals surface area contributed by atoms with E-state index in [0.717, 1.165) is 31.6 Å². The maximum atomic E-state index is 11.2. The Labute approximate surface area is 90.2 Å². The van der Waals surface area contributed by atoms with Gasteiger partial charge in [-0.05, 0) is 19.1 Å². The van der Waals surface area contributed by atoms with Crippen LogP contribution in [0.3, 0.4) is 0 Å². The summed E-state index contributed by atoms with van der Waals surface area (Å²) in [5.41, 5.74) is 5.38. The van der Waals surface area contributed by atoms with Gasteiger partial charge in [-0.15, -0.1) is 0 Å². The molecule has 0 unspecified atom stereocenters. The minimum atomic E-state index is -0.133. The predicted octanol–water partition coefficient (Wildman–Crippen LogP) is 0.983. The smallest absolute Gasteiger partial charge is 0.222 e. The van der Waals surface area contributed by atoms with Crippen molar-refractivity contribution >= 4 is 17.7 Å². The first-order chi connectivity index (χ1) is 6.75. The van der Waals surface area contributed by atoms with Crippen molar-refractivity contribution < 1.29 is 4.79 Å². The van der Waals surface area contributed by atoms with E-state index in [0.29, 0.717) is 6.04 Å². The van der Waals surface area contributed by atoms with Crippen LogP contribution in [0.4, 0.5) is 0 Å². The molecule has 1 saturated carbocycles. The van der Waals surface area contributed by atoms with Gasteiger partial charge in [-0.1, -0.05) is 12.8 Å². The van der Waals surface area contributed by atoms with E-state index in [1.54, 1.807) is 0 Å². The molecule has 0 aliphatic heterocycles. The first-order valence-electron chi connectivity index (χ1n) is 5.27. The Kier molecular flexibility index (Phi) is 5.33. The van der Waals surface area contributed by atoms with E-state index in [2.05, 4.69) is 11.6 Å². The molecular formula is C10H20N2OS. The number of thioether (sulfide) groups is 1. The van der Waals surface area contributed by atoms with Gasteiger partial charge in [0.2, 0.25) is 5.91 Å². The second-order valence-corrected chi connectivity index (χ2v) is 4.83. The summed E-state index contributed by atoms with van der Waals surface area (Å²) in [5.74, 6) is 1.03. The largest absolute Gasteiger partial charge is 0.369 e. The Morgan fingerprint density at radius 2 is 2.21 bits per heavy atom. The van der Waals surface area contributed by atoms with E-state index in [1.807, 2.05) is 11.8 Å². The van der Waals surface area contributed by atoms with E-state index in [-0.39, 0.29) is 11.8 Å². The lowest BCUT2D eigenvalue weighted by Gasteiger charge is -2.30. The molecule has 1 rings (SSSR count). The standard InChI is InChI=1S/C10H20N2OS/c1-14-7-6-12-9-5-3-2-4-8(9)10(11)13/h8-9,12H,2-7H2,1H3,(H2,11,13)/t8-,9-/m0/s1. The van der Waals surface area contributed by atoms with Gasteiger partial charge in [0.05, 0.1) is 5.92 Å². The molecule has 0 radical (unpaired) electrons. The maximum absolute atomic E-state index is 11.2. The van der Waals surface area contributed by atoms with Crippen LogP contribution < -0.4 is 11.1 Å². The number of hydrogen-bond donors (Lipinski definition) is 2. The highest BCUT2D eigenvalue weighted by Crippen LogP contribution is 2.23. The summed E-state index contributed by atoms with van der Waals surface area (Å²) in [4.78, 5) is 11.2. The maximum Gasteiger partial charge on any atom is 0.222 e. The van der Waals surface area contributed by atoms with Crippen molar-refractivity contribution in [3.8, 4) is 0 Å². The molecule has 82 valence electrons. The van der Waals surface area contributed by atoms with Gasteiger partial charge in [0.25, 0.3) is 0 Å². The lowest BCUT2D eigenvalue weighted by Crippen LogP contribution is -2.45. The van der Waals surface area contributed by atoms with Crippen molar-refractivity contribution in [1.29, 1.82) is 0 Å². The van der Waals surface area contributed by atoms with Crippen molar-refractivity contribution in [2.75, 3.05) is 18.6 Å². The van der Waals surface area contributed by atoms with Gasteiger partial charge < -0.3 is 11.1 Å². The Morgan fingerprint density at radius 1 is 1.50 bits per heavy atom. The molecule has 0 aromatic carbocycles. The van der Waals surface area contributed by atoms with Crippen molar-refractivity contribution in [2.24, 2.45) is 11.7 Å². The van der Waals surface area contributed by atoms with Crippen LogP contribution in [0.15, 0.2) is 0 Å². The molecule has 1 aliphatic rings. The van der Waals surface area contributed by atoms with E-state index >= 15 is 0 Å². The van der Waals surface area contributed by atoms with Gasteiger partial charge in [0, 0.05) is 18.3 Å². The van der Waals surface area contributed by atoms with Crippen molar-refractivity contribution in [3.63, 3.8) is 0 Å². The first-order valence-corrected chi connectivity index (χ1v) is 6.66. The second-order valence-electron chi connectivity index (χ2n) is 3.85. The SMILES string of the molecule is CSCCN[C@H]1CCCC[C@@H]1C(N)=O. The molecule has 3 N–H and O–H groups in total. The zero-order valence-electron chi connectivity index (χ0n) is 8.79. The summed E-state index contributed by atoms with van der Waals surface area (Å²) in [6, 6.07) is 0.327. The Morgan fingerprint density at radius 3 is 2.86 bits per heavy atom. The van der Waals surface area contributed by atoms with Crippen LogP contribution in [0.5, 0.6) is 0 Å². The molecular weight excluding hydrogens is 196 g/mol. The lowest BCUT2D eigenvalue weighted by atomic mass is 9.84. The van der Waals surface area contributed by atoms with E-state index < -0.39 is 0 Å². The Bertz CT molecular complexity index is 187. The number of hydrogen-bond acceptors (Lipinski definition) is 3. The van der Waals surface area contributed by atoms with Gasteiger partial charge in [0.15, 0.2) is 0 Å². The van der Waals surface area contributed by atoms with Crippen LogP contribution in [0.2, 0.25) is 0 Å². The fourth-order valence-corrected chi connectivity index (χ4v) is 2.38. The normalized spacial score (nSPS) is 27.5. The van der Waals surface area contributed by atoms with Gasteiger partial charge >= 0.3 is 0 Å². The summed E-state index contributed by atoms with van der Waals surface area (Å²) < 4.78 is 0. The minimum Gasteiger partial charge on any atom is -0.369 e. The lowest BCUT2D eigenvalue weighted by molar-refractivity contribution is -0.123. The molecule has 14 heavy (non-hydrogen) atoms. The van der Waals surface area contributed by atoms with Crippen LogP contribution >= 0.6 is 11.8 Å². The fraction of sp³-hybridized carbons (Fsp3) is 0.900. The van der Waals surface area contributed by atoms with Gasteiger partial charge in [-0.25, -0.2) is 0 Å². The number of amides is 1. The number of carbonyl (C=O) groups is 1. The van der Waals surface area contributed by atoms with Crippen LogP contribution in [-0.4, -0.2) is 30.5 Å². The molecule has 0 heterocycles. The van der Waals surface area contributed by atoms with Crippen molar-refractivity contribution in [3.05, 3.63) is 0 Å². The number of carbonyl (C=O) groups excluding carboxylic acids is 1. The number of primary amides is 1. The number of rotatable bonds is 5. The molecule has 0 bridgehead atoms. The zero-order chi connectivity index (χ0) is 10.4. The van der Waals surface area contributed by atoms with Gasteiger partial charge in [-0.2, -0.15) is 11.8 Å². The zero-order valence-corrected chi connectivity index (χ0v) is 9.61. The summed E-state index contributed by atoms with van der Waals surface area (Å²) in [6.07, 6.45) is 6.53. The van der Waals surface area contributed by atoms with E-state index in [1.165, 1.54) is 6.42 Å². The molecule has 0 aromatic heterocycles. The van der Waals surface area contributed by atoms with Gasteiger partial charge in [-0.3, -0.25) is 4.79 Å². The summed E-state index contributed by atoms with van der Waals surface area (Å²) >= 11 is 1.82. The quantitative estimate of drug-likeness (QED) is 0.674. The molecule has 0 saturated heterocycles. The Balaban J connectivity index is 2.34. The Hall–Kier alpha value is -0.220. The van der Waals surface area contributed by atoms with E-state index in [9.17, 15) is 4.79 Å². The molecule has 4 heteroatoms. The fourth-order valence-electron chi connectivity index (χ4n) is 2.06. The molecule has 1 aliphatic carbocycles. The molecule has 0 aromatic rings. The molecule has 1 fully saturated rings. The monoisotopic (exact) mass is 216 g/mol. The number of nitrogens with two attached hydrogens (primary N) is 1. The topological polar surface area (TPSA) is 55.1 Å². The average Bonchev–Trinajstić information content (AvgIpc) is 2.19.